The van der Waals surface area contributed by atoms with Crippen LogP contribution >= 0.6 is 24.0 Å². The summed E-state index contributed by atoms with van der Waals surface area (Å²) in [4.78, 5) is 16.9. The molecule has 1 fully saturated rings. The van der Waals surface area contributed by atoms with Crippen molar-refractivity contribution >= 4 is 41.5 Å². The number of rotatable bonds is 9. The van der Waals surface area contributed by atoms with Gasteiger partial charge in [-0.2, -0.15) is 0 Å². The zero-order chi connectivity index (χ0) is 22.8. The molecule has 1 amide bonds. The molecule has 33 heavy (non-hydrogen) atoms. The predicted octanol–water partition coefficient (Wildman–Crippen LogP) is 4.08. The van der Waals surface area contributed by atoms with E-state index in [1.54, 1.807) is 12.1 Å². The number of carbonyl (C=O) groups is 1. The normalized spacial score (nSPS) is 16.5. The summed E-state index contributed by atoms with van der Waals surface area (Å²) in [6.07, 6.45) is 1.18. The monoisotopic (exact) mass is 570 g/mol. The number of aliphatic imine (C=N–C) groups is 1. The van der Waals surface area contributed by atoms with E-state index in [0.717, 1.165) is 30.6 Å². The fourth-order valence-corrected chi connectivity index (χ4v) is 3.29. The van der Waals surface area contributed by atoms with Crippen LogP contribution in [-0.4, -0.2) is 43.8 Å². The summed E-state index contributed by atoms with van der Waals surface area (Å²) in [5.74, 6) is 0.883. The summed E-state index contributed by atoms with van der Waals surface area (Å²) >= 11 is 0. The van der Waals surface area contributed by atoms with E-state index in [2.05, 4.69) is 20.9 Å². The molecule has 1 aliphatic heterocycles. The number of ether oxygens (including phenoxy) is 2. The second kappa shape index (κ2) is 14.0. The van der Waals surface area contributed by atoms with Gasteiger partial charge in [-0.15, -0.1) is 24.0 Å². The molecule has 7 nitrogen and oxygen atoms in total. The Morgan fingerprint density at radius 2 is 2.03 bits per heavy atom. The lowest BCUT2D eigenvalue weighted by Crippen LogP contribution is -2.41. The maximum atomic E-state index is 13.0. The summed E-state index contributed by atoms with van der Waals surface area (Å²) in [7, 11) is 0. The molecule has 1 heterocycles. The number of nitrogens with one attached hydrogen (secondary N) is 3. The first-order valence-electron chi connectivity index (χ1n) is 11.0. The van der Waals surface area contributed by atoms with Crippen LogP contribution in [-0.2, 0) is 16.1 Å². The highest BCUT2D eigenvalue weighted by Gasteiger charge is 2.23. The van der Waals surface area contributed by atoms with E-state index in [1.807, 2.05) is 38.1 Å². The number of benzene rings is 2. The molecule has 1 saturated heterocycles. The Kier molecular flexibility index (Phi) is 11.4. The van der Waals surface area contributed by atoms with Crippen molar-refractivity contribution in [1.29, 1.82) is 0 Å². The Labute approximate surface area is 211 Å². The summed E-state index contributed by atoms with van der Waals surface area (Å²) in [6, 6.07) is 13.6. The fourth-order valence-electron chi connectivity index (χ4n) is 3.29. The number of hydrogen-bond acceptors (Lipinski definition) is 4. The van der Waals surface area contributed by atoms with E-state index in [9.17, 15) is 9.18 Å². The van der Waals surface area contributed by atoms with Gasteiger partial charge in [0.05, 0.1) is 13.1 Å². The van der Waals surface area contributed by atoms with Gasteiger partial charge >= 0.3 is 0 Å². The molecule has 0 radical (unpaired) electrons. The van der Waals surface area contributed by atoms with Gasteiger partial charge < -0.3 is 25.4 Å². The van der Waals surface area contributed by atoms with Crippen molar-refractivity contribution in [2.24, 2.45) is 4.99 Å². The van der Waals surface area contributed by atoms with E-state index in [-0.39, 0.29) is 47.9 Å². The van der Waals surface area contributed by atoms with Crippen molar-refractivity contribution < 1.29 is 18.7 Å². The molecule has 180 valence electrons. The first kappa shape index (κ1) is 26.8. The Morgan fingerprint density at radius 1 is 1.24 bits per heavy atom. The maximum absolute atomic E-state index is 13.0. The standard InChI is InChI=1S/C24H31FN4O3.HI/c1-3-26-24(27-15-17(2)32-21-11-9-19(25)10-12-21)28-16-18-6-4-7-20(14-18)29-23(30)22-8-5-13-31-22;/h4,6-7,9-12,14,17,22H,3,5,8,13,15-16H2,1-2H3,(H,29,30)(H2,26,27,28);1H. The summed E-state index contributed by atoms with van der Waals surface area (Å²) in [5.41, 5.74) is 1.71. The molecule has 3 rings (SSSR count). The quantitative estimate of drug-likeness (QED) is 0.241. The van der Waals surface area contributed by atoms with E-state index in [4.69, 9.17) is 9.47 Å². The lowest BCUT2D eigenvalue weighted by molar-refractivity contribution is -0.124. The van der Waals surface area contributed by atoms with Crippen molar-refractivity contribution in [3.63, 3.8) is 0 Å². The third kappa shape index (κ3) is 9.17. The van der Waals surface area contributed by atoms with Crippen LogP contribution in [0, 0.1) is 5.82 Å². The second-order valence-electron chi connectivity index (χ2n) is 7.65. The molecular weight excluding hydrogens is 538 g/mol. The average Bonchev–Trinajstić information content (AvgIpc) is 3.33. The molecule has 2 aromatic rings. The van der Waals surface area contributed by atoms with Crippen molar-refractivity contribution in [3.8, 4) is 5.75 Å². The van der Waals surface area contributed by atoms with Crippen LogP contribution in [0.1, 0.15) is 32.3 Å². The fraction of sp³-hybridized carbons (Fsp3) is 0.417. The second-order valence-corrected chi connectivity index (χ2v) is 7.65. The van der Waals surface area contributed by atoms with Crippen LogP contribution in [0.5, 0.6) is 5.75 Å². The van der Waals surface area contributed by atoms with Crippen molar-refractivity contribution in [2.45, 2.75) is 45.4 Å². The van der Waals surface area contributed by atoms with E-state index < -0.39 is 0 Å². The molecule has 1 aliphatic rings. The third-order valence-electron chi connectivity index (χ3n) is 4.89. The van der Waals surface area contributed by atoms with Gasteiger partial charge in [0, 0.05) is 18.8 Å². The van der Waals surface area contributed by atoms with Crippen molar-refractivity contribution in [2.75, 3.05) is 25.0 Å². The average molecular weight is 570 g/mol. The lowest BCUT2D eigenvalue weighted by Gasteiger charge is -2.17. The molecule has 3 N–H and O–H groups in total. The van der Waals surface area contributed by atoms with Crippen LogP contribution in [0.15, 0.2) is 53.5 Å². The van der Waals surface area contributed by atoms with Crippen molar-refractivity contribution in [3.05, 3.63) is 59.9 Å². The Bertz CT molecular complexity index is 905. The minimum atomic E-state index is -0.361. The highest BCUT2D eigenvalue weighted by molar-refractivity contribution is 14.0. The van der Waals surface area contributed by atoms with E-state index in [0.29, 0.717) is 31.4 Å². The molecule has 2 aromatic carbocycles. The molecule has 0 spiro atoms. The van der Waals surface area contributed by atoms with Crippen molar-refractivity contribution in [1.82, 2.24) is 10.6 Å². The first-order chi connectivity index (χ1) is 15.5. The number of carbonyl (C=O) groups excluding carboxylic acids is 1. The number of anilines is 1. The SMILES string of the molecule is CCNC(=NCc1cccc(NC(=O)C2CCCO2)c1)NCC(C)Oc1ccc(F)cc1.I. The van der Waals surface area contributed by atoms with Crippen LogP contribution < -0.4 is 20.7 Å². The van der Waals surface area contributed by atoms with Gasteiger partial charge in [0.1, 0.15) is 23.8 Å². The van der Waals surface area contributed by atoms with E-state index >= 15 is 0 Å². The van der Waals surface area contributed by atoms with Gasteiger partial charge in [0.15, 0.2) is 5.96 Å². The summed E-state index contributed by atoms with van der Waals surface area (Å²) in [6.45, 7) is 6.26. The molecule has 2 unspecified atom stereocenters. The predicted molar refractivity (Wildman–Crippen MR) is 139 cm³/mol. The zero-order valence-electron chi connectivity index (χ0n) is 19.0. The molecule has 9 heteroatoms. The summed E-state index contributed by atoms with van der Waals surface area (Å²) in [5, 5.41) is 9.39. The Balaban J connectivity index is 0.00000385. The van der Waals surface area contributed by atoms with Gasteiger partial charge in [-0.25, -0.2) is 9.38 Å². The number of halogens is 2. The molecule has 0 aromatic heterocycles. The minimum Gasteiger partial charge on any atom is -0.489 e. The van der Waals surface area contributed by atoms with Gasteiger partial charge in [0.25, 0.3) is 5.91 Å². The largest absolute Gasteiger partial charge is 0.489 e. The van der Waals surface area contributed by atoms with Crippen LogP contribution in [0.25, 0.3) is 0 Å². The van der Waals surface area contributed by atoms with Gasteiger partial charge in [-0.05, 0) is 68.7 Å². The van der Waals surface area contributed by atoms with Gasteiger partial charge in [0.2, 0.25) is 0 Å². The Hall–Kier alpha value is -2.40. The summed E-state index contributed by atoms with van der Waals surface area (Å²) < 4.78 is 24.3. The van der Waals surface area contributed by atoms with Crippen LogP contribution in [0.2, 0.25) is 0 Å². The van der Waals surface area contributed by atoms with Gasteiger partial charge in [-0.1, -0.05) is 12.1 Å². The minimum absolute atomic E-state index is 0. The Morgan fingerprint density at radius 3 is 2.73 bits per heavy atom. The number of hydrogen-bond donors (Lipinski definition) is 3. The molecule has 0 bridgehead atoms. The molecule has 0 saturated carbocycles. The first-order valence-corrected chi connectivity index (χ1v) is 11.0. The van der Waals surface area contributed by atoms with Gasteiger partial charge in [-0.3, -0.25) is 4.79 Å². The highest BCUT2D eigenvalue weighted by Crippen LogP contribution is 2.17. The number of amides is 1. The number of guanidine groups is 1. The number of nitrogens with zero attached hydrogens (tertiary/aromatic N) is 1. The van der Waals surface area contributed by atoms with E-state index in [1.165, 1.54) is 12.1 Å². The van der Waals surface area contributed by atoms with Crippen LogP contribution in [0.3, 0.4) is 0 Å². The topological polar surface area (TPSA) is 84.0 Å². The van der Waals surface area contributed by atoms with Crippen LogP contribution in [0.4, 0.5) is 10.1 Å². The smallest absolute Gasteiger partial charge is 0.253 e. The molecule has 2 atom stereocenters. The molecule has 0 aliphatic carbocycles. The molecular formula is C24H32FIN4O3. The third-order valence-corrected chi connectivity index (χ3v) is 4.89. The highest BCUT2D eigenvalue weighted by atomic mass is 127. The zero-order valence-corrected chi connectivity index (χ0v) is 21.3. The maximum Gasteiger partial charge on any atom is 0.253 e. The lowest BCUT2D eigenvalue weighted by atomic mass is 10.2.